The molecule has 4 rings (SSSR count). The summed E-state index contributed by atoms with van der Waals surface area (Å²) in [5.41, 5.74) is 0.934. The van der Waals surface area contributed by atoms with Gasteiger partial charge in [-0.25, -0.2) is 4.79 Å². The van der Waals surface area contributed by atoms with Gasteiger partial charge in [0.05, 0.1) is 11.4 Å². The van der Waals surface area contributed by atoms with Crippen LogP contribution in [0.4, 0.5) is 4.79 Å². The Hall–Kier alpha value is -2.47. The number of nitrogens with one attached hydrogen (secondary N) is 1. The molecule has 1 spiro atoms. The lowest BCUT2D eigenvalue weighted by molar-refractivity contribution is -0.131. The summed E-state index contributed by atoms with van der Waals surface area (Å²) >= 11 is 1.38. The summed E-state index contributed by atoms with van der Waals surface area (Å²) in [7, 11) is 0. The molecule has 0 unspecified atom stereocenters. The summed E-state index contributed by atoms with van der Waals surface area (Å²) in [6.07, 6.45) is 2.29. The van der Waals surface area contributed by atoms with Crippen LogP contribution in [0.2, 0.25) is 0 Å². The van der Waals surface area contributed by atoms with Crippen molar-refractivity contribution in [3.63, 3.8) is 0 Å². The van der Waals surface area contributed by atoms with Crippen molar-refractivity contribution in [3.8, 4) is 0 Å². The first kappa shape index (κ1) is 16.0. The van der Waals surface area contributed by atoms with E-state index in [2.05, 4.69) is 5.32 Å². The van der Waals surface area contributed by atoms with Crippen LogP contribution in [0.25, 0.3) is 0 Å². The monoisotopic (exact) mass is 354 g/mol. The van der Waals surface area contributed by atoms with Gasteiger partial charge < -0.3 is 5.32 Å². The number of hydrogen-bond acceptors (Lipinski definition) is 4. The number of fused-ring (bicyclic) bond motifs is 2. The highest BCUT2D eigenvalue weighted by atomic mass is 32.1. The van der Waals surface area contributed by atoms with Crippen LogP contribution < -0.4 is 5.32 Å². The lowest BCUT2D eigenvalue weighted by Gasteiger charge is -2.33. The van der Waals surface area contributed by atoms with E-state index in [0.717, 1.165) is 33.7 Å². The van der Waals surface area contributed by atoms with Gasteiger partial charge in [0.25, 0.3) is 5.91 Å². The predicted octanol–water partition coefficient (Wildman–Crippen LogP) is 3.02. The molecule has 1 N–H and O–H groups in total. The molecular formula is C19H18N2O3S. The van der Waals surface area contributed by atoms with Crippen molar-refractivity contribution < 1.29 is 14.4 Å². The minimum Gasteiger partial charge on any atom is -0.319 e. The van der Waals surface area contributed by atoms with Gasteiger partial charge >= 0.3 is 6.03 Å². The minimum atomic E-state index is -1.02. The largest absolute Gasteiger partial charge is 0.325 e. The normalized spacial score (nSPS) is 22.2. The Morgan fingerprint density at radius 2 is 2.04 bits per heavy atom. The van der Waals surface area contributed by atoms with E-state index in [9.17, 15) is 14.4 Å². The molecule has 1 aromatic carbocycles. The maximum atomic E-state index is 13.1. The molecule has 1 fully saturated rings. The van der Waals surface area contributed by atoms with Crippen LogP contribution in [0, 0.1) is 6.92 Å². The van der Waals surface area contributed by atoms with Crippen LogP contribution in [0.1, 0.15) is 38.5 Å². The number of carbonyl (C=O) groups is 3. The van der Waals surface area contributed by atoms with Crippen molar-refractivity contribution in [1.29, 1.82) is 0 Å². The third-order valence-corrected chi connectivity index (χ3v) is 6.01. The summed E-state index contributed by atoms with van der Waals surface area (Å²) in [4.78, 5) is 40.7. The number of aryl methyl sites for hydroxylation is 2. The first-order valence-electron chi connectivity index (χ1n) is 8.33. The van der Waals surface area contributed by atoms with E-state index < -0.39 is 11.6 Å². The van der Waals surface area contributed by atoms with Gasteiger partial charge in [-0.3, -0.25) is 14.5 Å². The van der Waals surface area contributed by atoms with Crippen LogP contribution in [-0.4, -0.2) is 29.2 Å². The van der Waals surface area contributed by atoms with E-state index in [1.807, 2.05) is 37.3 Å². The highest BCUT2D eigenvalue weighted by Crippen LogP contribution is 2.39. The molecule has 1 aliphatic carbocycles. The molecular weight excluding hydrogens is 336 g/mol. The fourth-order valence-electron chi connectivity index (χ4n) is 3.76. The van der Waals surface area contributed by atoms with Crippen molar-refractivity contribution >= 4 is 29.1 Å². The minimum absolute atomic E-state index is 0.206. The van der Waals surface area contributed by atoms with Crippen LogP contribution in [0.5, 0.6) is 0 Å². The van der Waals surface area contributed by atoms with E-state index in [0.29, 0.717) is 11.3 Å². The zero-order valence-corrected chi connectivity index (χ0v) is 14.7. The number of Topliss-reactive ketones (excluding diaryl/α,β-unsaturated/α-hetero) is 1. The van der Waals surface area contributed by atoms with Crippen molar-refractivity contribution in [1.82, 2.24) is 10.2 Å². The first-order chi connectivity index (χ1) is 12.0. The molecule has 0 bridgehead atoms. The molecule has 5 nitrogen and oxygen atoms in total. The van der Waals surface area contributed by atoms with Crippen LogP contribution in [-0.2, 0) is 16.8 Å². The average Bonchev–Trinajstić information content (AvgIpc) is 3.13. The fourth-order valence-corrected chi connectivity index (χ4v) is 4.56. The Bertz CT molecular complexity index is 888. The molecule has 0 saturated carbocycles. The SMILES string of the molecule is Cc1ccc(C(=O)CN2C(=O)N[C@@]3(CCCc4ccccc43)C2=O)s1. The summed E-state index contributed by atoms with van der Waals surface area (Å²) < 4.78 is 0. The van der Waals surface area contributed by atoms with E-state index in [4.69, 9.17) is 0 Å². The molecule has 3 amide bonds. The molecule has 2 aromatic rings. The molecule has 0 radical (unpaired) electrons. The first-order valence-corrected chi connectivity index (χ1v) is 9.15. The van der Waals surface area contributed by atoms with Gasteiger partial charge in [-0.2, -0.15) is 0 Å². The fraction of sp³-hybridized carbons (Fsp3) is 0.316. The third kappa shape index (κ3) is 2.48. The molecule has 2 aliphatic rings. The topological polar surface area (TPSA) is 66.5 Å². The lowest BCUT2D eigenvalue weighted by Crippen LogP contribution is -2.46. The molecule has 1 aromatic heterocycles. The second-order valence-electron chi connectivity index (χ2n) is 6.57. The quantitative estimate of drug-likeness (QED) is 0.681. The zero-order chi connectivity index (χ0) is 17.6. The van der Waals surface area contributed by atoms with Crippen molar-refractivity contribution in [2.75, 3.05) is 6.54 Å². The number of rotatable bonds is 3. The van der Waals surface area contributed by atoms with E-state index in [1.54, 1.807) is 6.07 Å². The summed E-state index contributed by atoms with van der Waals surface area (Å²) in [6.45, 7) is 1.71. The second-order valence-corrected chi connectivity index (χ2v) is 7.86. The highest BCUT2D eigenvalue weighted by molar-refractivity contribution is 7.14. The Balaban J connectivity index is 1.64. The standard InChI is InChI=1S/C19H18N2O3S/c1-12-8-9-16(25-12)15(22)11-21-17(23)19(20-18(21)24)10-4-6-13-5-2-3-7-14(13)19/h2-3,5,7-9H,4,6,10-11H2,1H3,(H,20,24)/t19-/m1/s1. The average molecular weight is 354 g/mol. The van der Waals surface area contributed by atoms with E-state index in [-0.39, 0.29) is 18.2 Å². The lowest BCUT2D eigenvalue weighted by atomic mass is 9.76. The summed E-state index contributed by atoms with van der Waals surface area (Å²) in [5.74, 6) is -0.519. The number of hydrogen-bond donors (Lipinski definition) is 1. The molecule has 25 heavy (non-hydrogen) atoms. The highest BCUT2D eigenvalue weighted by Gasteiger charge is 2.54. The van der Waals surface area contributed by atoms with Gasteiger partial charge in [0.1, 0.15) is 5.54 Å². The van der Waals surface area contributed by atoms with Gasteiger partial charge in [-0.1, -0.05) is 24.3 Å². The van der Waals surface area contributed by atoms with Gasteiger partial charge in [0.2, 0.25) is 0 Å². The van der Waals surface area contributed by atoms with Crippen molar-refractivity contribution in [2.45, 2.75) is 31.7 Å². The Labute approximate surface area is 149 Å². The van der Waals surface area contributed by atoms with Crippen LogP contribution >= 0.6 is 11.3 Å². The number of carbonyl (C=O) groups excluding carboxylic acids is 3. The maximum Gasteiger partial charge on any atom is 0.325 e. The summed E-state index contributed by atoms with van der Waals surface area (Å²) in [6, 6.07) is 10.9. The zero-order valence-electron chi connectivity index (χ0n) is 13.9. The van der Waals surface area contributed by atoms with E-state index >= 15 is 0 Å². The number of imide groups is 1. The number of urea groups is 1. The predicted molar refractivity (Wildman–Crippen MR) is 94.7 cm³/mol. The number of benzene rings is 1. The Morgan fingerprint density at radius 3 is 2.80 bits per heavy atom. The molecule has 1 atom stereocenters. The molecule has 2 heterocycles. The van der Waals surface area contributed by atoms with Gasteiger partial charge in [-0.15, -0.1) is 11.3 Å². The van der Waals surface area contributed by atoms with Crippen molar-refractivity contribution in [2.24, 2.45) is 0 Å². The molecule has 6 heteroatoms. The van der Waals surface area contributed by atoms with Gasteiger partial charge in [0, 0.05) is 4.88 Å². The van der Waals surface area contributed by atoms with Crippen LogP contribution in [0.15, 0.2) is 36.4 Å². The molecule has 1 saturated heterocycles. The number of thiophene rings is 1. The smallest absolute Gasteiger partial charge is 0.319 e. The number of nitrogens with zero attached hydrogens (tertiary/aromatic N) is 1. The molecule has 1 aliphatic heterocycles. The summed E-state index contributed by atoms with van der Waals surface area (Å²) in [5, 5.41) is 2.88. The third-order valence-electron chi connectivity index (χ3n) is 4.97. The molecule has 128 valence electrons. The van der Waals surface area contributed by atoms with E-state index in [1.165, 1.54) is 11.3 Å². The van der Waals surface area contributed by atoms with Crippen molar-refractivity contribution in [3.05, 3.63) is 57.3 Å². The van der Waals surface area contributed by atoms with Crippen LogP contribution in [0.3, 0.4) is 0 Å². The number of amides is 3. The Kier molecular flexibility index (Phi) is 3.72. The Morgan fingerprint density at radius 1 is 1.24 bits per heavy atom. The maximum absolute atomic E-state index is 13.1. The second kappa shape index (κ2) is 5.81. The number of ketones is 1. The van der Waals surface area contributed by atoms with Gasteiger partial charge in [0.15, 0.2) is 5.78 Å². The van der Waals surface area contributed by atoms with Gasteiger partial charge in [-0.05, 0) is 49.4 Å².